The summed E-state index contributed by atoms with van der Waals surface area (Å²) in [6, 6.07) is 19.2. The zero-order valence-electron chi connectivity index (χ0n) is 21.7. The molecule has 0 aromatic heterocycles. The number of aliphatic hydroxyl groups excluding tert-OH is 1. The largest absolute Gasteiger partial charge is 0.497 e. The van der Waals surface area contributed by atoms with Crippen molar-refractivity contribution in [2.45, 2.75) is 36.1 Å². The van der Waals surface area contributed by atoms with E-state index in [1.165, 1.54) is 7.11 Å². The first-order valence-electron chi connectivity index (χ1n) is 12.8. The Kier molecular flexibility index (Phi) is 7.15. The van der Waals surface area contributed by atoms with Crippen LogP contribution in [0.3, 0.4) is 0 Å². The van der Waals surface area contributed by atoms with Crippen molar-refractivity contribution in [3.8, 4) is 23.0 Å². The second-order valence-corrected chi connectivity index (χ2v) is 9.86. The first-order valence-corrected chi connectivity index (χ1v) is 12.8. The van der Waals surface area contributed by atoms with Gasteiger partial charge in [-0.15, -0.1) is 0 Å². The number of hydrogen-bond donors (Lipinski definition) is 4. The van der Waals surface area contributed by atoms with Crippen molar-refractivity contribution in [1.82, 2.24) is 0 Å². The van der Waals surface area contributed by atoms with Crippen molar-refractivity contribution in [2.75, 3.05) is 27.4 Å². The fraction of sp³-hybridized carbons (Fsp3) is 0.367. The second kappa shape index (κ2) is 10.4. The molecular formula is C30H32O9. The number of fused-ring (bicyclic) bond motifs is 3. The summed E-state index contributed by atoms with van der Waals surface area (Å²) in [4.78, 5) is 12.7. The van der Waals surface area contributed by atoms with Gasteiger partial charge in [-0.25, -0.2) is 0 Å². The molecule has 4 N–H and O–H groups in total. The summed E-state index contributed by atoms with van der Waals surface area (Å²) in [7, 11) is 2.99. The Bertz CT molecular complexity index is 1320. The van der Waals surface area contributed by atoms with Crippen molar-refractivity contribution >= 4 is 5.97 Å². The van der Waals surface area contributed by atoms with Gasteiger partial charge >= 0.3 is 5.97 Å². The molecule has 9 nitrogen and oxygen atoms in total. The molecule has 1 fully saturated rings. The van der Waals surface area contributed by atoms with Gasteiger partial charge in [0.15, 0.2) is 11.4 Å². The maximum absolute atomic E-state index is 12.7. The molecule has 0 bridgehead atoms. The summed E-state index contributed by atoms with van der Waals surface area (Å²) in [5, 5.41) is 42.9. The van der Waals surface area contributed by atoms with Crippen LogP contribution >= 0.6 is 0 Å². The highest BCUT2D eigenvalue weighted by molar-refractivity contribution is 5.77. The Labute approximate surface area is 226 Å². The van der Waals surface area contributed by atoms with Gasteiger partial charge in [-0.3, -0.25) is 4.79 Å². The lowest BCUT2D eigenvalue weighted by atomic mass is 9.73. The summed E-state index contributed by atoms with van der Waals surface area (Å²) >= 11 is 0. The van der Waals surface area contributed by atoms with Crippen molar-refractivity contribution < 1.29 is 44.2 Å². The third-order valence-electron chi connectivity index (χ3n) is 7.76. The van der Waals surface area contributed by atoms with Crippen LogP contribution < -0.4 is 18.9 Å². The van der Waals surface area contributed by atoms with Gasteiger partial charge in [-0.05, 0) is 36.1 Å². The smallest absolute Gasteiger partial charge is 0.312 e. The van der Waals surface area contributed by atoms with Gasteiger partial charge in [0.25, 0.3) is 0 Å². The highest BCUT2D eigenvalue weighted by Crippen LogP contribution is 2.71. The molecule has 0 spiro atoms. The molecule has 1 aliphatic carbocycles. The summed E-state index contributed by atoms with van der Waals surface area (Å²) in [5.41, 5.74) is -0.0265. The Morgan fingerprint density at radius 3 is 2.28 bits per heavy atom. The zero-order chi connectivity index (χ0) is 27.8. The number of benzene rings is 3. The average Bonchev–Trinajstić information content (AvgIpc) is 3.39. The molecule has 2 aliphatic rings. The molecular weight excluding hydrogens is 504 g/mol. The lowest BCUT2D eigenvalue weighted by Gasteiger charge is -2.36. The minimum absolute atomic E-state index is 0.0622. The molecule has 0 saturated heterocycles. The fourth-order valence-corrected chi connectivity index (χ4v) is 6.18. The minimum Gasteiger partial charge on any atom is -0.497 e. The van der Waals surface area contributed by atoms with E-state index in [4.69, 9.17) is 24.1 Å². The Morgan fingerprint density at radius 1 is 0.949 bits per heavy atom. The summed E-state index contributed by atoms with van der Waals surface area (Å²) in [6.45, 7) is 0.417. The number of carboxylic acids is 1. The number of hydrogen-bond acceptors (Lipinski definition) is 8. The van der Waals surface area contributed by atoms with Crippen LogP contribution in [0.4, 0.5) is 0 Å². The van der Waals surface area contributed by atoms with E-state index >= 15 is 0 Å². The Hall–Kier alpha value is -3.79. The van der Waals surface area contributed by atoms with Gasteiger partial charge in [0.05, 0.1) is 26.7 Å². The number of unbranched alkanes of at least 4 members (excludes halogenated alkanes) is 1. The minimum atomic E-state index is -2.71. The van der Waals surface area contributed by atoms with Gasteiger partial charge in [0.2, 0.25) is 0 Å². The number of ether oxygens (including phenoxy) is 4. The molecule has 4 unspecified atom stereocenters. The quantitative estimate of drug-likeness (QED) is 0.227. The van der Waals surface area contributed by atoms with Crippen LogP contribution in [-0.2, 0) is 10.4 Å². The van der Waals surface area contributed by atoms with E-state index in [1.54, 1.807) is 67.8 Å². The number of carboxylic acid groups (broad SMARTS) is 1. The summed E-state index contributed by atoms with van der Waals surface area (Å²) in [5.74, 6) is -6.28. The summed E-state index contributed by atoms with van der Waals surface area (Å²) in [6.07, 6.45) is 1.23. The maximum Gasteiger partial charge on any atom is 0.312 e. The molecule has 1 aliphatic heterocycles. The molecule has 0 radical (unpaired) electrons. The molecule has 4 atom stereocenters. The molecule has 5 rings (SSSR count). The normalized spacial score (nSPS) is 24.4. The van der Waals surface area contributed by atoms with Gasteiger partial charge in [-0.1, -0.05) is 42.5 Å². The van der Waals surface area contributed by atoms with Crippen LogP contribution in [0.15, 0.2) is 66.7 Å². The monoisotopic (exact) mass is 536 g/mol. The fourth-order valence-electron chi connectivity index (χ4n) is 6.18. The second-order valence-electron chi connectivity index (χ2n) is 9.86. The van der Waals surface area contributed by atoms with Gasteiger partial charge in [0.1, 0.15) is 28.9 Å². The first-order chi connectivity index (χ1) is 18.8. The number of aliphatic carboxylic acids is 1. The number of methoxy groups -OCH3 is 2. The Balaban J connectivity index is 1.75. The van der Waals surface area contributed by atoms with Crippen LogP contribution in [0, 0.1) is 5.92 Å². The van der Waals surface area contributed by atoms with Gasteiger partial charge in [0, 0.05) is 30.2 Å². The third-order valence-corrected chi connectivity index (χ3v) is 7.76. The number of carbonyl (C=O) groups is 1. The molecule has 9 heteroatoms. The molecule has 0 amide bonds. The van der Waals surface area contributed by atoms with E-state index in [1.807, 2.05) is 6.07 Å². The molecule has 39 heavy (non-hydrogen) atoms. The van der Waals surface area contributed by atoms with E-state index in [9.17, 15) is 20.1 Å². The predicted octanol–water partition coefficient (Wildman–Crippen LogP) is 3.41. The van der Waals surface area contributed by atoms with Crippen molar-refractivity contribution in [2.24, 2.45) is 5.92 Å². The number of aliphatic hydroxyl groups is 3. The van der Waals surface area contributed by atoms with Gasteiger partial charge in [-0.2, -0.15) is 0 Å². The van der Waals surface area contributed by atoms with Crippen LogP contribution in [0.5, 0.6) is 23.0 Å². The van der Waals surface area contributed by atoms with E-state index in [0.717, 1.165) is 0 Å². The third kappa shape index (κ3) is 4.27. The van der Waals surface area contributed by atoms with E-state index in [0.29, 0.717) is 53.4 Å². The molecule has 3 aromatic carbocycles. The van der Waals surface area contributed by atoms with Crippen LogP contribution in [0.25, 0.3) is 0 Å². The van der Waals surface area contributed by atoms with E-state index in [2.05, 4.69) is 0 Å². The topological polar surface area (TPSA) is 135 Å². The molecule has 3 aromatic rings. The molecule has 1 saturated carbocycles. The highest BCUT2D eigenvalue weighted by atomic mass is 16.5. The lowest BCUT2D eigenvalue weighted by Crippen LogP contribution is -2.44. The van der Waals surface area contributed by atoms with Crippen molar-refractivity contribution in [3.05, 3.63) is 83.4 Å². The summed E-state index contributed by atoms with van der Waals surface area (Å²) < 4.78 is 23.7. The standard InChI is InChI=1S/C30H32O9/c1-36-20-12-10-19(11-13-20)29-25(18-8-4-3-5-9-18)26(28(32)33)30(34,35)27(29)24-22(37-2)16-21(17-23(24)39-29)38-15-7-6-14-31/h3-5,8-13,16-17,25-27,31,34-35H,6-7,14-15H2,1-2H3,(H,32,33). The molecule has 206 valence electrons. The maximum atomic E-state index is 12.7. The van der Waals surface area contributed by atoms with Crippen molar-refractivity contribution in [3.63, 3.8) is 0 Å². The van der Waals surface area contributed by atoms with E-state index in [-0.39, 0.29) is 12.4 Å². The van der Waals surface area contributed by atoms with Crippen LogP contribution in [-0.4, -0.2) is 59.6 Å². The van der Waals surface area contributed by atoms with Crippen LogP contribution in [0.1, 0.15) is 41.4 Å². The Morgan fingerprint density at radius 2 is 1.67 bits per heavy atom. The molecule has 1 heterocycles. The highest BCUT2D eigenvalue weighted by Gasteiger charge is 2.76. The predicted molar refractivity (Wildman–Crippen MR) is 140 cm³/mol. The number of rotatable bonds is 10. The van der Waals surface area contributed by atoms with Gasteiger partial charge < -0.3 is 39.4 Å². The average molecular weight is 537 g/mol. The van der Waals surface area contributed by atoms with E-state index < -0.39 is 35.1 Å². The first kappa shape index (κ1) is 26.8. The zero-order valence-corrected chi connectivity index (χ0v) is 21.7. The lowest BCUT2D eigenvalue weighted by molar-refractivity contribution is -0.210. The van der Waals surface area contributed by atoms with Crippen LogP contribution in [0.2, 0.25) is 0 Å². The SMILES string of the molecule is COc1ccc(C23Oc4cc(OCCCCO)cc(OC)c4C2C(O)(O)C(C(=O)O)C3c2ccccc2)cc1. The van der Waals surface area contributed by atoms with Crippen molar-refractivity contribution in [1.29, 1.82) is 0 Å².